The van der Waals surface area contributed by atoms with Crippen LogP contribution >= 0.6 is 0 Å². The zero-order valence-electron chi connectivity index (χ0n) is 13.0. The highest BCUT2D eigenvalue weighted by Crippen LogP contribution is 2.28. The first kappa shape index (κ1) is 15.4. The molecule has 1 unspecified atom stereocenters. The molecule has 2 aromatic rings. The highest BCUT2D eigenvalue weighted by Gasteiger charge is 2.26. The first-order valence-corrected chi connectivity index (χ1v) is 7.45. The minimum Gasteiger partial charge on any atom is -0.299 e. The fourth-order valence-electron chi connectivity index (χ4n) is 2.33. The standard InChI is InChI=1S/C19H23NO/c1-19(2,3)18(21)14-16(17-11-7-8-12-20-17)13-15-9-5-4-6-10-15/h4-12,16H,13-14H2,1-3H3. The minimum absolute atomic E-state index is 0.139. The predicted octanol–water partition coefficient (Wildman–Crippen LogP) is 4.41. The summed E-state index contributed by atoms with van der Waals surface area (Å²) in [4.78, 5) is 16.9. The second-order valence-electron chi connectivity index (χ2n) is 6.52. The number of benzene rings is 1. The number of hydrogen-bond acceptors (Lipinski definition) is 2. The van der Waals surface area contributed by atoms with Crippen molar-refractivity contribution in [3.05, 3.63) is 66.0 Å². The number of rotatable bonds is 5. The van der Waals surface area contributed by atoms with Crippen LogP contribution in [0.15, 0.2) is 54.7 Å². The second-order valence-corrected chi connectivity index (χ2v) is 6.52. The average molecular weight is 281 g/mol. The first-order valence-electron chi connectivity index (χ1n) is 7.45. The normalized spacial score (nSPS) is 12.9. The highest BCUT2D eigenvalue weighted by molar-refractivity contribution is 5.84. The number of nitrogens with zero attached hydrogens (tertiary/aromatic N) is 1. The Balaban J connectivity index is 2.21. The van der Waals surface area contributed by atoms with Gasteiger partial charge >= 0.3 is 0 Å². The lowest BCUT2D eigenvalue weighted by Crippen LogP contribution is -2.23. The molecule has 2 heteroatoms. The van der Waals surface area contributed by atoms with Crippen LogP contribution in [0.2, 0.25) is 0 Å². The molecule has 21 heavy (non-hydrogen) atoms. The van der Waals surface area contributed by atoms with Crippen LogP contribution < -0.4 is 0 Å². The molecule has 0 saturated carbocycles. The summed E-state index contributed by atoms with van der Waals surface area (Å²) in [6.07, 6.45) is 3.18. The third kappa shape index (κ3) is 4.52. The van der Waals surface area contributed by atoms with E-state index in [1.54, 1.807) is 6.20 Å². The van der Waals surface area contributed by atoms with E-state index < -0.39 is 0 Å². The van der Waals surface area contributed by atoms with Gasteiger partial charge in [0.2, 0.25) is 0 Å². The van der Waals surface area contributed by atoms with Gasteiger partial charge in [-0.25, -0.2) is 0 Å². The molecule has 0 aliphatic rings. The van der Waals surface area contributed by atoms with Crippen molar-refractivity contribution >= 4 is 5.78 Å². The van der Waals surface area contributed by atoms with E-state index in [1.807, 2.05) is 57.2 Å². The second kappa shape index (κ2) is 6.66. The lowest BCUT2D eigenvalue weighted by Gasteiger charge is -2.22. The van der Waals surface area contributed by atoms with E-state index in [2.05, 4.69) is 17.1 Å². The van der Waals surface area contributed by atoms with Gasteiger partial charge in [-0.05, 0) is 24.1 Å². The summed E-state index contributed by atoms with van der Waals surface area (Å²) in [6, 6.07) is 16.2. The Hall–Kier alpha value is -1.96. The maximum Gasteiger partial charge on any atom is 0.138 e. The highest BCUT2D eigenvalue weighted by atomic mass is 16.1. The number of ketones is 1. The van der Waals surface area contributed by atoms with Crippen molar-refractivity contribution in [2.45, 2.75) is 39.5 Å². The molecule has 1 heterocycles. The Morgan fingerprint density at radius 2 is 1.71 bits per heavy atom. The third-order valence-corrected chi connectivity index (χ3v) is 3.70. The van der Waals surface area contributed by atoms with Gasteiger partial charge in [0.05, 0.1) is 0 Å². The molecule has 0 bridgehead atoms. The fourth-order valence-corrected chi connectivity index (χ4v) is 2.33. The maximum absolute atomic E-state index is 12.4. The van der Waals surface area contributed by atoms with E-state index in [4.69, 9.17) is 0 Å². The molecule has 0 fully saturated rings. The van der Waals surface area contributed by atoms with Gasteiger partial charge in [-0.3, -0.25) is 9.78 Å². The largest absolute Gasteiger partial charge is 0.299 e. The van der Waals surface area contributed by atoms with E-state index in [-0.39, 0.29) is 17.1 Å². The van der Waals surface area contributed by atoms with Crippen LogP contribution in [0.4, 0.5) is 0 Å². The molecule has 110 valence electrons. The Bertz CT molecular complexity index is 570. The van der Waals surface area contributed by atoms with E-state index in [0.717, 1.165) is 12.1 Å². The summed E-state index contributed by atoms with van der Waals surface area (Å²) >= 11 is 0. The molecule has 1 aromatic carbocycles. The van der Waals surface area contributed by atoms with E-state index >= 15 is 0 Å². The smallest absolute Gasteiger partial charge is 0.138 e. The van der Waals surface area contributed by atoms with Crippen LogP contribution in [0, 0.1) is 5.41 Å². The Morgan fingerprint density at radius 3 is 2.29 bits per heavy atom. The summed E-state index contributed by atoms with van der Waals surface area (Å²) in [7, 11) is 0. The monoisotopic (exact) mass is 281 g/mol. The number of pyridine rings is 1. The van der Waals surface area contributed by atoms with Crippen LogP contribution in [0.1, 0.15) is 44.4 Å². The minimum atomic E-state index is -0.302. The van der Waals surface area contributed by atoms with Crippen LogP contribution in [0.5, 0.6) is 0 Å². The van der Waals surface area contributed by atoms with Gasteiger partial charge < -0.3 is 0 Å². The molecule has 0 radical (unpaired) electrons. The number of carbonyl (C=O) groups excluding carboxylic acids is 1. The number of aromatic nitrogens is 1. The summed E-state index contributed by atoms with van der Waals surface area (Å²) in [5.74, 6) is 0.425. The molecule has 2 rings (SSSR count). The van der Waals surface area contributed by atoms with Crippen LogP contribution in [0.3, 0.4) is 0 Å². The van der Waals surface area contributed by atoms with Gasteiger partial charge in [0, 0.05) is 29.6 Å². The molecule has 0 aliphatic heterocycles. The van der Waals surface area contributed by atoms with Crippen LogP contribution in [-0.4, -0.2) is 10.8 Å². The summed E-state index contributed by atoms with van der Waals surface area (Å²) in [5, 5.41) is 0. The first-order chi connectivity index (χ1) is 9.97. The van der Waals surface area contributed by atoms with Gasteiger partial charge in [-0.2, -0.15) is 0 Å². The molecule has 1 aromatic heterocycles. The molecule has 1 atom stereocenters. The zero-order valence-corrected chi connectivity index (χ0v) is 13.0. The van der Waals surface area contributed by atoms with Crippen molar-refractivity contribution in [1.82, 2.24) is 4.98 Å². The van der Waals surface area contributed by atoms with Crippen molar-refractivity contribution in [3.8, 4) is 0 Å². The van der Waals surface area contributed by atoms with Gasteiger partial charge in [-0.15, -0.1) is 0 Å². The maximum atomic E-state index is 12.4. The summed E-state index contributed by atoms with van der Waals surface area (Å²) < 4.78 is 0. The van der Waals surface area contributed by atoms with E-state index in [9.17, 15) is 4.79 Å². The fraction of sp³-hybridized carbons (Fsp3) is 0.368. The quantitative estimate of drug-likeness (QED) is 0.812. The topological polar surface area (TPSA) is 30.0 Å². The lowest BCUT2D eigenvalue weighted by atomic mass is 9.82. The molecule has 0 aliphatic carbocycles. The van der Waals surface area contributed by atoms with E-state index in [0.29, 0.717) is 6.42 Å². The SMILES string of the molecule is CC(C)(C)C(=O)CC(Cc1ccccc1)c1ccccn1. The van der Waals surface area contributed by atoms with Gasteiger partial charge in [0.1, 0.15) is 5.78 Å². The molecule has 2 nitrogen and oxygen atoms in total. The molecule has 0 amide bonds. The Labute approximate surface area is 127 Å². The van der Waals surface area contributed by atoms with Crippen molar-refractivity contribution in [2.75, 3.05) is 0 Å². The number of carbonyl (C=O) groups is 1. The summed E-state index contributed by atoms with van der Waals surface area (Å²) in [5.41, 5.74) is 1.94. The lowest BCUT2D eigenvalue weighted by molar-refractivity contribution is -0.126. The number of hydrogen-bond donors (Lipinski definition) is 0. The molecular formula is C19H23NO. The Kier molecular flexibility index (Phi) is 4.89. The molecule has 0 N–H and O–H groups in total. The van der Waals surface area contributed by atoms with E-state index in [1.165, 1.54) is 5.56 Å². The number of Topliss-reactive ketones (excluding diaryl/α,β-unsaturated/α-hetero) is 1. The van der Waals surface area contributed by atoms with Crippen LogP contribution in [-0.2, 0) is 11.2 Å². The van der Waals surface area contributed by atoms with Crippen molar-refractivity contribution in [3.63, 3.8) is 0 Å². The third-order valence-electron chi connectivity index (χ3n) is 3.70. The molecular weight excluding hydrogens is 258 g/mol. The molecule has 0 spiro atoms. The van der Waals surface area contributed by atoms with Crippen LogP contribution in [0.25, 0.3) is 0 Å². The van der Waals surface area contributed by atoms with Crippen molar-refractivity contribution in [1.29, 1.82) is 0 Å². The van der Waals surface area contributed by atoms with Crippen molar-refractivity contribution < 1.29 is 4.79 Å². The van der Waals surface area contributed by atoms with Gasteiger partial charge in [0.15, 0.2) is 0 Å². The van der Waals surface area contributed by atoms with Gasteiger partial charge in [-0.1, -0.05) is 57.2 Å². The molecule has 0 saturated heterocycles. The zero-order chi connectivity index (χ0) is 15.3. The van der Waals surface area contributed by atoms with Crippen molar-refractivity contribution in [2.24, 2.45) is 5.41 Å². The summed E-state index contributed by atoms with van der Waals surface area (Å²) in [6.45, 7) is 5.94. The average Bonchev–Trinajstić information content (AvgIpc) is 2.47. The predicted molar refractivity (Wildman–Crippen MR) is 86.2 cm³/mol. The Morgan fingerprint density at radius 1 is 1.05 bits per heavy atom. The van der Waals surface area contributed by atoms with Gasteiger partial charge in [0.25, 0.3) is 0 Å².